The van der Waals surface area contributed by atoms with E-state index in [2.05, 4.69) is 21.5 Å². The number of hydrogen-bond acceptors (Lipinski definition) is 13. The lowest BCUT2D eigenvalue weighted by molar-refractivity contribution is -0.145. The highest BCUT2D eigenvalue weighted by Gasteiger charge is 2.19. The minimum atomic E-state index is -0.611. The average Bonchev–Trinajstić information content (AvgIpc) is 3.05. The Balaban J connectivity index is 2.41. The second kappa shape index (κ2) is 29.8. The fourth-order valence-electron chi connectivity index (χ4n) is 5.35. The topological polar surface area (TPSA) is 129 Å². The van der Waals surface area contributed by atoms with Crippen LogP contribution in [0.2, 0.25) is 0 Å². The lowest BCUT2D eigenvalue weighted by Gasteiger charge is -2.34. The molecule has 2 unspecified atom stereocenters. The number of unbranched alkanes of at least 4 members (excludes halogenated alkanes) is 4. The molecule has 2 atom stereocenters. The number of aliphatic hydroxyl groups is 2. The van der Waals surface area contributed by atoms with Crippen molar-refractivity contribution in [3.05, 3.63) is 0 Å². The quantitative estimate of drug-likeness (QED) is 0.0323. The number of rotatable bonds is 30. The van der Waals surface area contributed by atoms with Gasteiger partial charge in [-0.2, -0.15) is 0 Å². The summed E-state index contributed by atoms with van der Waals surface area (Å²) in [5.74, 6) is 0.401. The molecule has 1 aliphatic heterocycles. The molecule has 0 saturated carbocycles. The van der Waals surface area contributed by atoms with Gasteiger partial charge < -0.3 is 24.4 Å². The Morgan fingerprint density at radius 3 is 1.60 bits per heavy atom. The van der Waals surface area contributed by atoms with Gasteiger partial charge in [0, 0.05) is 77.4 Å². The van der Waals surface area contributed by atoms with E-state index in [-0.39, 0.29) is 24.3 Å². The molecule has 1 rings (SSSR count). The smallest absolute Gasteiger partial charge is 0.305 e. The van der Waals surface area contributed by atoms with Crippen molar-refractivity contribution >= 4 is 40.4 Å². The average molecular weight is 708 g/mol. The molecule has 0 amide bonds. The molecule has 1 aliphatic rings. The van der Waals surface area contributed by atoms with Crippen molar-refractivity contribution in [2.45, 2.75) is 116 Å². The van der Waals surface area contributed by atoms with Crippen LogP contribution in [-0.4, -0.2) is 140 Å². The molecular formula is C34H65N3O8S2. The Bertz CT molecular complexity index is 767. The fraction of sp³-hybridized carbons (Fsp3) is 0.912. The van der Waals surface area contributed by atoms with Crippen molar-refractivity contribution in [3.8, 4) is 0 Å². The molecule has 0 spiro atoms. The van der Waals surface area contributed by atoms with Gasteiger partial charge in [-0.3, -0.25) is 29.1 Å². The highest BCUT2D eigenvalue weighted by atomic mass is 33.1. The predicted molar refractivity (Wildman–Crippen MR) is 192 cm³/mol. The van der Waals surface area contributed by atoms with E-state index in [0.717, 1.165) is 70.7 Å². The van der Waals surface area contributed by atoms with E-state index in [0.29, 0.717) is 97.2 Å². The molecule has 13 heteroatoms. The maximum Gasteiger partial charge on any atom is 0.305 e. The van der Waals surface area contributed by atoms with Crippen LogP contribution >= 0.6 is 22.5 Å². The van der Waals surface area contributed by atoms with Crippen molar-refractivity contribution in [2.75, 3.05) is 84.5 Å². The number of esters is 3. The summed E-state index contributed by atoms with van der Waals surface area (Å²) < 4.78 is 15.9. The third-order valence-electron chi connectivity index (χ3n) is 8.29. The second-order valence-electron chi connectivity index (χ2n) is 12.5. The summed E-state index contributed by atoms with van der Waals surface area (Å²) in [7, 11) is 1.57. The molecule has 0 aromatic rings. The first kappa shape index (κ1) is 43.9. The molecule has 0 radical (unpaired) electrons. The van der Waals surface area contributed by atoms with E-state index >= 15 is 0 Å². The Morgan fingerprint density at radius 2 is 1.13 bits per heavy atom. The first-order valence-corrected chi connectivity index (χ1v) is 20.1. The summed E-state index contributed by atoms with van der Waals surface area (Å²) >= 11 is 4.21. The summed E-state index contributed by atoms with van der Waals surface area (Å²) in [6, 6.07) is 0. The standard InChI is InChI=1S/C34H65N3O8S2/c1-3-5-24-43-32(40)14-9-7-12-30(38)28-37(29-31(39)13-8-10-15-33(41)44-25-6-4-2)17-11-16-34(42)45-26-22-35-18-20-36(21-19-35)23-27-47-46/h30-31,38-39,46H,3-29H2,1-2H3. The highest BCUT2D eigenvalue weighted by molar-refractivity contribution is 8.68. The number of nitrogens with zero attached hydrogens (tertiary/aromatic N) is 3. The molecule has 0 aliphatic carbocycles. The van der Waals surface area contributed by atoms with Gasteiger partial charge in [-0.25, -0.2) is 0 Å². The minimum absolute atomic E-state index is 0.194. The first-order valence-electron chi connectivity index (χ1n) is 18.0. The van der Waals surface area contributed by atoms with Crippen LogP contribution in [0.25, 0.3) is 0 Å². The van der Waals surface area contributed by atoms with Gasteiger partial charge in [-0.05, 0) is 51.5 Å². The number of carbonyl (C=O) groups is 3. The summed E-state index contributed by atoms with van der Waals surface area (Å²) in [6.07, 6.45) is 7.79. The molecule has 1 saturated heterocycles. The van der Waals surface area contributed by atoms with E-state index in [4.69, 9.17) is 14.2 Å². The van der Waals surface area contributed by atoms with Crippen molar-refractivity contribution in [2.24, 2.45) is 0 Å². The Hall–Kier alpha value is -1.09. The second-order valence-corrected chi connectivity index (χ2v) is 14.0. The third-order valence-corrected chi connectivity index (χ3v) is 9.20. The molecule has 1 fully saturated rings. The van der Waals surface area contributed by atoms with Crippen LogP contribution in [0.15, 0.2) is 0 Å². The van der Waals surface area contributed by atoms with E-state index in [9.17, 15) is 24.6 Å². The zero-order chi connectivity index (χ0) is 34.5. The van der Waals surface area contributed by atoms with Crippen LogP contribution in [0.1, 0.15) is 104 Å². The first-order chi connectivity index (χ1) is 22.8. The molecule has 11 nitrogen and oxygen atoms in total. The summed E-state index contributed by atoms with van der Waals surface area (Å²) in [4.78, 5) is 42.9. The fourth-order valence-corrected chi connectivity index (χ4v) is 5.94. The SMILES string of the molecule is CCCCOC(=O)CCCCC(O)CN(CCCC(=O)OCCN1CCN(CCSS)CC1)CC(O)CCCCC(=O)OCCCC. The highest BCUT2D eigenvalue weighted by Crippen LogP contribution is 2.12. The van der Waals surface area contributed by atoms with E-state index in [1.165, 1.54) is 0 Å². The molecular weight excluding hydrogens is 643 g/mol. The number of thiol groups is 1. The van der Waals surface area contributed by atoms with E-state index < -0.39 is 12.2 Å². The minimum Gasteiger partial charge on any atom is -0.466 e. The largest absolute Gasteiger partial charge is 0.466 e. The van der Waals surface area contributed by atoms with Gasteiger partial charge in [-0.1, -0.05) is 50.3 Å². The molecule has 47 heavy (non-hydrogen) atoms. The van der Waals surface area contributed by atoms with Gasteiger partial charge >= 0.3 is 17.9 Å². The van der Waals surface area contributed by atoms with Crippen LogP contribution in [0, 0.1) is 0 Å². The Kier molecular flexibility index (Phi) is 27.8. The predicted octanol–water partition coefficient (Wildman–Crippen LogP) is 4.34. The Morgan fingerprint density at radius 1 is 0.681 bits per heavy atom. The van der Waals surface area contributed by atoms with Crippen LogP contribution in [0.3, 0.4) is 0 Å². The van der Waals surface area contributed by atoms with Gasteiger partial charge in [0.1, 0.15) is 6.61 Å². The van der Waals surface area contributed by atoms with Crippen molar-refractivity contribution in [1.29, 1.82) is 0 Å². The molecule has 1 heterocycles. The van der Waals surface area contributed by atoms with Crippen LogP contribution in [-0.2, 0) is 28.6 Å². The maximum absolute atomic E-state index is 12.5. The maximum atomic E-state index is 12.5. The van der Waals surface area contributed by atoms with Gasteiger partial charge in [0.25, 0.3) is 0 Å². The van der Waals surface area contributed by atoms with E-state index in [1.807, 2.05) is 18.7 Å². The van der Waals surface area contributed by atoms with Gasteiger partial charge in [0.2, 0.25) is 0 Å². The lowest BCUT2D eigenvalue weighted by Crippen LogP contribution is -2.47. The number of ether oxygens (including phenoxy) is 3. The summed E-state index contributed by atoms with van der Waals surface area (Å²) in [5.41, 5.74) is 0. The zero-order valence-corrected chi connectivity index (χ0v) is 31.0. The number of aliphatic hydroxyl groups excluding tert-OH is 2. The van der Waals surface area contributed by atoms with Gasteiger partial charge in [0.15, 0.2) is 0 Å². The lowest BCUT2D eigenvalue weighted by atomic mass is 10.1. The summed E-state index contributed by atoms with van der Waals surface area (Å²) in [5, 5.41) is 21.5. The molecule has 2 N–H and O–H groups in total. The number of hydrogen-bond donors (Lipinski definition) is 3. The third kappa shape index (κ3) is 25.5. The number of carbonyl (C=O) groups excluding carboxylic acids is 3. The molecule has 0 bridgehead atoms. The zero-order valence-electron chi connectivity index (χ0n) is 29.3. The van der Waals surface area contributed by atoms with Gasteiger partial charge in [-0.15, -0.1) is 11.7 Å². The monoisotopic (exact) mass is 707 g/mol. The number of piperazine rings is 1. The van der Waals surface area contributed by atoms with Gasteiger partial charge in [0.05, 0.1) is 25.4 Å². The van der Waals surface area contributed by atoms with Crippen molar-refractivity contribution in [1.82, 2.24) is 14.7 Å². The Labute approximate surface area is 293 Å². The normalized spacial score (nSPS) is 15.4. The molecule has 0 aromatic carbocycles. The van der Waals surface area contributed by atoms with E-state index in [1.54, 1.807) is 10.8 Å². The summed E-state index contributed by atoms with van der Waals surface area (Å²) in [6.45, 7) is 12.5. The van der Waals surface area contributed by atoms with Crippen molar-refractivity contribution < 1.29 is 38.8 Å². The molecule has 0 aromatic heterocycles. The van der Waals surface area contributed by atoms with Crippen LogP contribution in [0.4, 0.5) is 0 Å². The van der Waals surface area contributed by atoms with Crippen molar-refractivity contribution in [3.63, 3.8) is 0 Å². The van der Waals surface area contributed by atoms with Crippen LogP contribution < -0.4 is 0 Å². The molecule has 276 valence electrons. The van der Waals surface area contributed by atoms with Crippen LogP contribution in [0.5, 0.6) is 0 Å².